The van der Waals surface area contributed by atoms with Crippen LogP contribution in [0.4, 0.5) is 5.69 Å². The molecule has 1 amide bonds. The van der Waals surface area contributed by atoms with Gasteiger partial charge in [0.25, 0.3) is 0 Å². The van der Waals surface area contributed by atoms with E-state index in [9.17, 15) is 13.2 Å². The number of carbonyl (C=O) groups is 1. The molecule has 2 aromatic rings. The average molecular weight is 427 g/mol. The van der Waals surface area contributed by atoms with Gasteiger partial charge in [-0.25, -0.2) is 13.1 Å². The van der Waals surface area contributed by atoms with E-state index < -0.39 is 9.84 Å². The molecule has 5 rings (SSSR count). The van der Waals surface area contributed by atoms with Crippen LogP contribution in [0, 0.1) is 5.92 Å². The number of sulfone groups is 1. The summed E-state index contributed by atoms with van der Waals surface area (Å²) >= 11 is 0. The molecule has 1 aliphatic heterocycles. The van der Waals surface area contributed by atoms with Crippen molar-refractivity contribution in [3.05, 3.63) is 48.3 Å². The van der Waals surface area contributed by atoms with Gasteiger partial charge in [-0.2, -0.15) is 5.10 Å². The summed E-state index contributed by atoms with van der Waals surface area (Å²) in [5.41, 5.74) is 4.34. The van der Waals surface area contributed by atoms with Crippen molar-refractivity contribution in [3.63, 3.8) is 0 Å². The smallest absolute Gasteiger partial charge is 0.227 e. The Labute approximate surface area is 176 Å². The number of anilines is 1. The minimum absolute atomic E-state index is 0.0629. The van der Waals surface area contributed by atoms with Gasteiger partial charge < -0.3 is 10.2 Å². The number of amides is 1. The van der Waals surface area contributed by atoms with Gasteiger partial charge in [0, 0.05) is 48.1 Å². The van der Waals surface area contributed by atoms with Crippen LogP contribution < -0.4 is 5.32 Å². The lowest BCUT2D eigenvalue weighted by Crippen LogP contribution is -2.39. The molecule has 1 saturated heterocycles. The first kappa shape index (κ1) is 19.4. The molecule has 1 aromatic heterocycles. The van der Waals surface area contributed by atoms with E-state index in [1.54, 1.807) is 0 Å². The Bertz CT molecular complexity index is 1100. The number of rotatable bonds is 6. The number of nitrogens with zero attached hydrogens (tertiary/aromatic N) is 3. The van der Waals surface area contributed by atoms with Crippen molar-refractivity contribution in [1.29, 1.82) is 0 Å². The minimum Gasteiger partial charge on any atom is -0.369 e. The molecule has 1 aromatic carbocycles. The van der Waals surface area contributed by atoms with E-state index in [2.05, 4.69) is 11.9 Å². The van der Waals surface area contributed by atoms with Crippen LogP contribution in [-0.2, 0) is 14.6 Å². The number of carbonyl (C=O) groups excluding carboxylic acids is 1. The lowest BCUT2D eigenvalue weighted by molar-refractivity contribution is -0.117. The molecule has 0 atom stereocenters. The Morgan fingerprint density at radius 2 is 1.83 bits per heavy atom. The summed E-state index contributed by atoms with van der Waals surface area (Å²) in [6.45, 7) is 5.14. The quantitative estimate of drug-likeness (QED) is 0.768. The maximum Gasteiger partial charge on any atom is 0.227 e. The molecule has 7 nitrogen and oxygen atoms in total. The predicted octanol–water partition coefficient (Wildman–Crippen LogP) is 2.80. The molecule has 1 N–H and O–H groups in total. The number of aromatic nitrogens is 2. The van der Waals surface area contributed by atoms with Crippen molar-refractivity contribution < 1.29 is 13.2 Å². The van der Waals surface area contributed by atoms with E-state index >= 15 is 0 Å². The van der Waals surface area contributed by atoms with Crippen LogP contribution in [0.3, 0.4) is 0 Å². The van der Waals surface area contributed by atoms with Crippen molar-refractivity contribution in [2.24, 2.45) is 5.92 Å². The lowest BCUT2D eigenvalue weighted by atomic mass is 10.1. The average Bonchev–Trinajstić information content (AvgIpc) is 3.65. The molecule has 0 unspecified atom stereocenters. The van der Waals surface area contributed by atoms with E-state index in [1.807, 2.05) is 40.0 Å². The van der Waals surface area contributed by atoms with Gasteiger partial charge in [-0.1, -0.05) is 6.58 Å². The molecule has 3 aliphatic rings. The van der Waals surface area contributed by atoms with Gasteiger partial charge in [0.1, 0.15) is 0 Å². The number of hydrogen-bond acceptors (Lipinski definition) is 5. The van der Waals surface area contributed by atoms with Crippen LogP contribution >= 0.6 is 0 Å². The fourth-order valence-electron chi connectivity index (χ4n) is 3.85. The van der Waals surface area contributed by atoms with Gasteiger partial charge in [-0.05, 0) is 49.9 Å². The van der Waals surface area contributed by atoms with E-state index in [0.717, 1.165) is 41.2 Å². The second-order valence-corrected chi connectivity index (χ2v) is 10.8. The lowest BCUT2D eigenvalue weighted by Gasteiger charge is -2.31. The molecule has 0 radical (unpaired) electrons. The second kappa shape index (κ2) is 7.27. The van der Waals surface area contributed by atoms with Crippen LogP contribution in [0.25, 0.3) is 11.4 Å². The summed E-state index contributed by atoms with van der Waals surface area (Å²) in [6.07, 6.45) is 6.21. The zero-order valence-electron chi connectivity index (χ0n) is 16.9. The van der Waals surface area contributed by atoms with Gasteiger partial charge in [0.2, 0.25) is 5.91 Å². The molecule has 0 spiro atoms. The van der Waals surface area contributed by atoms with Crippen LogP contribution in [0.2, 0.25) is 0 Å². The van der Waals surface area contributed by atoms with E-state index in [-0.39, 0.29) is 23.3 Å². The monoisotopic (exact) mass is 426 g/mol. The summed E-state index contributed by atoms with van der Waals surface area (Å²) in [4.78, 5) is 14.3. The summed E-state index contributed by atoms with van der Waals surface area (Å²) in [6, 6.07) is 7.82. The molecule has 2 heterocycles. The molecule has 3 fully saturated rings. The second-order valence-electron chi connectivity index (χ2n) is 8.54. The third-order valence-corrected chi connectivity index (χ3v) is 7.71. The molecular formula is C22H26N4O3S. The van der Waals surface area contributed by atoms with Crippen molar-refractivity contribution in [2.45, 2.75) is 31.6 Å². The van der Waals surface area contributed by atoms with Crippen molar-refractivity contribution in [2.75, 3.05) is 29.9 Å². The highest BCUT2D eigenvalue weighted by atomic mass is 32.2. The van der Waals surface area contributed by atoms with Crippen LogP contribution in [0.5, 0.6) is 0 Å². The van der Waals surface area contributed by atoms with Crippen LogP contribution in [-0.4, -0.2) is 53.6 Å². The van der Waals surface area contributed by atoms with Crippen LogP contribution in [0.1, 0.15) is 42.9 Å². The van der Waals surface area contributed by atoms with E-state index in [0.29, 0.717) is 19.0 Å². The predicted molar refractivity (Wildman–Crippen MR) is 116 cm³/mol. The third-order valence-electron chi connectivity index (χ3n) is 6.10. The first-order valence-corrected chi connectivity index (χ1v) is 12.4. The zero-order chi connectivity index (χ0) is 20.9. The zero-order valence-corrected chi connectivity index (χ0v) is 17.7. The summed E-state index contributed by atoms with van der Waals surface area (Å²) in [5, 5.41) is 7.78. The standard InChI is InChI=1S/C22H26N4O3S/c1-15(25-10-12-30(28,29)13-11-25)19-7-6-18(23-22(27)17-4-5-17)14-21(19)26-9-8-20(24-26)16-2-3-16/h6-9,14,16-17H,1-5,10-13H2,(H,23,27). The van der Waals surface area contributed by atoms with Gasteiger partial charge in [-0.3, -0.25) is 4.79 Å². The molecular weight excluding hydrogens is 400 g/mol. The fraction of sp³-hybridized carbons (Fsp3) is 0.455. The fourth-order valence-corrected chi connectivity index (χ4v) is 5.06. The molecule has 0 bridgehead atoms. The first-order chi connectivity index (χ1) is 14.4. The van der Waals surface area contributed by atoms with E-state index in [1.165, 1.54) is 12.8 Å². The Hall–Kier alpha value is -2.61. The van der Waals surface area contributed by atoms with E-state index in [4.69, 9.17) is 5.10 Å². The largest absolute Gasteiger partial charge is 0.369 e. The normalized spacial score (nSPS) is 20.7. The number of benzene rings is 1. The van der Waals surface area contributed by atoms with Crippen LogP contribution in [0.15, 0.2) is 37.0 Å². The summed E-state index contributed by atoms with van der Waals surface area (Å²) in [5.74, 6) is 1.02. The molecule has 158 valence electrons. The topological polar surface area (TPSA) is 84.3 Å². The third kappa shape index (κ3) is 4.01. The molecule has 2 saturated carbocycles. The minimum atomic E-state index is -2.96. The van der Waals surface area contributed by atoms with Crippen molar-refractivity contribution in [3.8, 4) is 5.69 Å². The molecule has 30 heavy (non-hydrogen) atoms. The number of nitrogens with one attached hydrogen (secondary N) is 1. The highest BCUT2D eigenvalue weighted by Gasteiger charge is 2.30. The molecule has 8 heteroatoms. The highest BCUT2D eigenvalue weighted by Crippen LogP contribution is 2.39. The Balaban J connectivity index is 1.46. The first-order valence-electron chi connectivity index (χ1n) is 10.6. The molecule has 2 aliphatic carbocycles. The Morgan fingerprint density at radius 3 is 2.50 bits per heavy atom. The summed E-state index contributed by atoms with van der Waals surface area (Å²) < 4.78 is 25.5. The van der Waals surface area contributed by atoms with Gasteiger partial charge in [-0.15, -0.1) is 0 Å². The summed E-state index contributed by atoms with van der Waals surface area (Å²) in [7, 11) is -2.96. The Morgan fingerprint density at radius 1 is 1.10 bits per heavy atom. The maximum absolute atomic E-state index is 12.2. The van der Waals surface area contributed by atoms with Crippen molar-refractivity contribution >= 4 is 27.1 Å². The Kier molecular flexibility index (Phi) is 4.69. The SMILES string of the molecule is C=C(c1ccc(NC(=O)C2CC2)cc1-n1ccc(C2CC2)n1)N1CCS(=O)(=O)CC1. The number of hydrogen-bond donors (Lipinski definition) is 1. The maximum atomic E-state index is 12.2. The van der Waals surface area contributed by atoms with Gasteiger partial charge in [0.05, 0.1) is 22.9 Å². The van der Waals surface area contributed by atoms with Gasteiger partial charge in [0.15, 0.2) is 9.84 Å². The van der Waals surface area contributed by atoms with Gasteiger partial charge >= 0.3 is 0 Å². The highest BCUT2D eigenvalue weighted by molar-refractivity contribution is 7.91. The van der Waals surface area contributed by atoms with Crippen molar-refractivity contribution in [1.82, 2.24) is 14.7 Å².